The summed E-state index contributed by atoms with van der Waals surface area (Å²) in [5, 5.41) is 3.25. The normalized spacial score (nSPS) is 12.2. The van der Waals surface area contributed by atoms with E-state index < -0.39 is 0 Å². The molecule has 0 saturated carbocycles. The first-order valence-electron chi connectivity index (χ1n) is 5.22. The first kappa shape index (κ1) is 12.1. The monoisotopic (exact) mass is 228 g/mol. The van der Waals surface area contributed by atoms with Gasteiger partial charge in [-0.15, -0.1) is 11.6 Å². The van der Waals surface area contributed by atoms with Gasteiger partial charge in [-0.05, 0) is 19.4 Å². The van der Waals surface area contributed by atoms with Crippen LogP contribution < -0.4 is 10.1 Å². The van der Waals surface area contributed by atoms with Crippen molar-refractivity contribution in [1.82, 2.24) is 4.98 Å². The van der Waals surface area contributed by atoms with Gasteiger partial charge in [-0.2, -0.15) is 4.98 Å². The van der Waals surface area contributed by atoms with E-state index in [-0.39, 0.29) is 6.04 Å². The van der Waals surface area contributed by atoms with Crippen molar-refractivity contribution in [3.8, 4) is 5.88 Å². The first-order chi connectivity index (χ1) is 7.30. The highest BCUT2D eigenvalue weighted by Crippen LogP contribution is 2.13. The van der Waals surface area contributed by atoms with Gasteiger partial charge in [0, 0.05) is 18.0 Å². The van der Waals surface area contributed by atoms with E-state index in [9.17, 15) is 0 Å². The largest absolute Gasteiger partial charge is 0.478 e. The van der Waals surface area contributed by atoms with Gasteiger partial charge in [-0.25, -0.2) is 0 Å². The molecule has 1 heterocycles. The van der Waals surface area contributed by atoms with E-state index >= 15 is 0 Å². The number of hydrogen-bond acceptors (Lipinski definition) is 3. The molecule has 1 aromatic rings. The Labute approximate surface area is 95.8 Å². The molecule has 0 fully saturated rings. The molecule has 0 aliphatic carbocycles. The van der Waals surface area contributed by atoms with Crippen LogP contribution in [0.2, 0.25) is 0 Å². The summed E-state index contributed by atoms with van der Waals surface area (Å²) in [5.74, 6) is 2.04. The van der Waals surface area contributed by atoms with Crippen LogP contribution in [0.3, 0.4) is 0 Å². The summed E-state index contributed by atoms with van der Waals surface area (Å²) in [6.07, 6.45) is 0.976. The topological polar surface area (TPSA) is 34.1 Å². The van der Waals surface area contributed by atoms with E-state index in [1.165, 1.54) is 0 Å². The Balaban J connectivity index is 2.64. The van der Waals surface area contributed by atoms with Crippen LogP contribution in [-0.2, 0) is 0 Å². The summed E-state index contributed by atoms with van der Waals surface area (Å²) in [4.78, 5) is 4.31. The maximum atomic E-state index is 5.80. The molecule has 0 radical (unpaired) electrons. The second kappa shape index (κ2) is 6.51. The Morgan fingerprint density at radius 1 is 1.47 bits per heavy atom. The van der Waals surface area contributed by atoms with Crippen LogP contribution in [-0.4, -0.2) is 23.5 Å². The van der Waals surface area contributed by atoms with E-state index in [2.05, 4.69) is 17.2 Å². The number of aromatic nitrogens is 1. The van der Waals surface area contributed by atoms with Gasteiger partial charge >= 0.3 is 0 Å². The molecule has 0 saturated heterocycles. The highest BCUT2D eigenvalue weighted by atomic mass is 35.5. The van der Waals surface area contributed by atoms with Crippen molar-refractivity contribution in [2.75, 3.05) is 17.8 Å². The number of anilines is 1. The molecule has 4 heteroatoms. The summed E-state index contributed by atoms with van der Waals surface area (Å²) < 4.78 is 5.31. The average molecular weight is 229 g/mol. The van der Waals surface area contributed by atoms with Gasteiger partial charge in [-0.3, -0.25) is 0 Å². The van der Waals surface area contributed by atoms with Gasteiger partial charge in [0.25, 0.3) is 0 Å². The van der Waals surface area contributed by atoms with Crippen molar-refractivity contribution >= 4 is 17.4 Å². The minimum Gasteiger partial charge on any atom is -0.478 e. The van der Waals surface area contributed by atoms with Crippen molar-refractivity contribution in [3.05, 3.63) is 18.2 Å². The Bertz CT molecular complexity index is 290. The molecule has 1 aromatic heterocycles. The number of alkyl halides is 1. The SMILES string of the molecule is CCOc1cccc(NC(CC)CCl)n1. The van der Waals surface area contributed by atoms with Crippen LogP contribution in [0.15, 0.2) is 18.2 Å². The molecular weight excluding hydrogens is 212 g/mol. The Hall–Kier alpha value is -0.960. The van der Waals surface area contributed by atoms with Gasteiger partial charge in [0.1, 0.15) is 5.82 Å². The maximum Gasteiger partial charge on any atom is 0.215 e. The summed E-state index contributed by atoms with van der Waals surface area (Å²) in [5.41, 5.74) is 0. The molecule has 0 aliphatic rings. The smallest absolute Gasteiger partial charge is 0.215 e. The fourth-order valence-electron chi connectivity index (χ4n) is 1.18. The van der Waals surface area contributed by atoms with E-state index in [0.717, 1.165) is 12.2 Å². The fraction of sp³-hybridized carbons (Fsp3) is 0.545. The molecule has 1 N–H and O–H groups in total. The third-order valence-corrected chi connectivity index (χ3v) is 2.42. The summed E-state index contributed by atoms with van der Waals surface area (Å²) in [7, 11) is 0. The third-order valence-electron chi connectivity index (χ3n) is 2.05. The van der Waals surface area contributed by atoms with Crippen molar-refractivity contribution < 1.29 is 4.74 Å². The second-order valence-electron chi connectivity index (χ2n) is 3.20. The quantitative estimate of drug-likeness (QED) is 0.761. The molecule has 1 unspecified atom stereocenters. The lowest BCUT2D eigenvalue weighted by Gasteiger charge is -2.14. The lowest BCUT2D eigenvalue weighted by atomic mass is 10.2. The van der Waals surface area contributed by atoms with Crippen LogP contribution in [0.4, 0.5) is 5.82 Å². The van der Waals surface area contributed by atoms with Crippen LogP contribution >= 0.6 is 11.6 Å². The maximum absolute atomic E-state index is 5.80. The van der Waals surface area contributed by atoms with E-state index in [0.29, 0.717) is 18.4 Å². The molecule has 0 aliphatic heterocycles. The van der Waals surface area contributed by atoms with E-state index in [1.54, 1.807) is 0 Å². The number of rotatable bonds is 6. The van der Waals surface area contributed by atoms with Gasteiger partial charge < -0.3 is 10.1 Å². The lowest BCUT2D eigenvalue weighted by Crippen LogP contribution is -2.20. The average Bonchev–Trinajstić information content (AvgIpc) is 2.27. The first-order valence-corrected chi connectivity index (χ1v) is 5.76. The van der Waals surface area contributed by atoms with Crippen LogP contribution in [0.25, 0.3) is 0 Å². The number of nitrogens with zero attached hydrogens (tertiary/aromatic N) is 1. The van der Waals surface area contributed by atoms with Crippen LogP contribution in [0.5, 0.6) is 5.88 Å². The number of hydrogen-bond donors (Lipinski definition) is 1. The van der Waals surface area contributed by atoms with Gasteiger partial charge in [0.05, 0.1) is 6.61 Å². The molecule has 0 amide bonds. The highest BCUT2D eigenvalue weighted by molar-refractivity contribution is 6.18. The van der Waals surface area contributed by atoms with Gasteiger partial charge in [-0.1, -0.05) is 13.0 Å². The predicted octanol–water partition coefficient (Wildman–Crippen LogP) is 2.91. The minimum atomic E-state index is 0.260. The van der Waals surface area contributed by atoms with Gasteiger partial charge in [0.15, 0.2) is 0 Å². The molecule has 1 rings (SSSR count). The molecule has 3 nitrogen and oxygen atoms in total. The zero-order valence-electron chi connectivity index (χ0n) is 9.16. The molecule has 1 atom stereocenters. The molecule has 0 spiro atoms. The highest BCUT2D eigenvalue weighted by Gasteiger charge is 2.05. The number of halogens is 1. The van der Waals surface area contributed by atoms with Crippen LogP contribution in [0.1, 0.15) is 20.3 Å². The number of ether oxygens (including phenoxy) is 1. The Morgan fingerprint density at radius 2 is 2.27 bits per heavy atom. The van der Waals surface area contributed by atoms with Crippen LogP contribution in [0, 0.1) is 0 Å². The Morgan fingerprint density at radius 3 is 2.87 bits per heavy atom. The lowest BCUT2D eigenvalue weighted by molar-refractivity contribution is 0.327. The zero-order chi connectivity index (χ0) is 11.1. The molecular formula is C11H17ClN2O. The predicted molar refractivity (Wildman–Crippen MR) is 63.8 cm³/mol. The van der Waals surface area contributed by atoms with E-state index in [4.69, 9.17) is 16.3 Å². The summed E-state index contributed by atoms with van der Waals surface area (Å²) in [6, 6.07) is 5.94. The summed E-state index contributed by atoms with van der Waals surface area (Å²) >= 11 is 5.80. The molecule has 15 heavy (non-hydrogen) atoms. The molecule has 0 aromatic carbocycles. The Kier molecular flexibility index (Phi) is 5.26. The zero-order valence-corrected chi connectivity index (χ0v) is 9.92. The third kappa shape index (κ3) is 3.96. The van der Waals surface area contributed by atoms with Crippen molar-refractivity contribution in [2.45, 2.75) is 26.3 Å². The molecule has 0 bridgehead atoms. The van der Waals surface area contributed by atoms with Gasteiger partial charge in [0.2, 0.25) is 5.88 Å². The van der Waals surface area contributed by atoms with Crippen molar-refractivity contribution in [3.63, 3.8) is 0 Å². The standard InChI is InChI=1S/C11H17ClN2O/c1-3-9(8-12)13-10-6-5-7-11(14-10)15-4-2/h5-7,9H,3-4,8H2,1-2H3,(H,13,14). The summed E-state index contributed by atoms with van der Waals surface area (Å²) in [6.45, 7) is 4.66. The number of pyridine rings is 1. The number of nitrogens with one attached hydrogen (secondary N) is 1. The molecule has 84 valence electrons. The minimum absolute atomic E-state index is 0.260. The fourth-order valence-corrected chi connectivity index (χ4v) is 1.48. The van der Waals surface area contributed by atoms with E-state index in [1.807, 2.05) is 25.1 Å². The second-order valence-corrected chi connectivity index (χ2v) is 3.51. The van der Waals surface area contributed by atoms with Crippen molar-refractivity contribution in [1.29, 1.82) is 0 Å². The van der Waals surface area contributed by atoms with Crippen molar-refractivity contribution in [2.24, 2.45) is 0 Å².